The summed E-state index contributed by atoms with van der Waals surface area (Å²) in [4.78, 5) is 13.8. The summed E-state index contributed by atoms with van der Waals surface area (Å²) in [6.45, 7) is 9.35. The van der Waals surface area contributed by atoms with Gasteiger partial charge in [-0.05, 0) is 24.3 Å². The summed E-state index contributed by atoms with van der Waals surface area (Å²) in [6.07, 6.45) is 2.62. The zero-order valence-corrected chi connectivity index (χ0v) is 13.7. The van der Waals surface area contributed by atoms with Crippen molar-refractivity contribution >= 4 is 5.91 Å². The fraction of sp³-hybridized carbons (Fsp3) is 0.611. The second kappa shape index (κ2) is 10.4. The lowest BCUT2D eigenvalue weighted by atomic mass is 10.1. The monoisotopic (exact) mass is 291 g/mol. The molecule has 1 atom stereocenters. The maximum Gasteiger partial charge on any atom is 0.222 e. The maximum absolute atomic E-state index is 11.8. The average Bonchev–Trinajstić information content (AvgIpc) is 2.51. The number of ether oxygens (including phenoxy) is 1. The summed E-state index contributed by atoms with van der Waals surface area (Å²) >= 11 is 0. The molecule has 3 heteroatoms. The van der Waals surface area contributed by atoms with Crippen LogP contribution in [0.25, 0.3) is 0 Å². The van der Waals surface area contributed by atoms with Gasteiger partial charge in [0.2, 0.25) is 5.91 Å². The van der Waals surface area contributed by atoms with Crippen LogP contribution in [0.2, 0.25) is 0 Å². The van der Waals surface area contributed by atoms with Gasteiger partial charge >= 0.3 is 0 Å². The van der Waals surface area contributed by atoms with E-state index < -0.39 is 0 Å². The van der Waals surface area contributed by atoms with Gasteiger partial charge in [0.05, 0.1) is 6.61 Å². The highest BCUT2D eigenvalue weighted by atomic mass is 16.5. The van der Waals surface area contributed by atoms with Crippen LogP contribution >= 0.6 is 0 Å². The number of amides is 1. The molecule has 1 rings (SSSR count). The molecule has 0 saturated carbocycles. The first-order valence-electron chi connectivity index (χ1n) is 8.06. The van der Waals surface area contributed by atoms with Crippen molar-refractivity contribution in [3.05, 3.63) is 35.9 Å². The lowest BCUT2D eigenvalue weighted by Crippen LogP contribution is -2.33. The normalized spacial score (nSPS) is 12.1. The van der Waals surface area contributed by atoms with Gasteiger partial charge in [-0.15, -0.1) is 0 Å². The smallest absolute Gasteiger partial charge is 0.222 e. The molecule has 0 N–H and O–H groups in total. The molecule has 0 aromatic heterocycles. The molecule has 0 saturated heterocycles. The number of carbonyl (C=O) groups is 1. The minimum absolute atomic E-state index is 0.259. The minimum Gasteiger partial charge on any atom is -0.376 e. The summed E-state index contributed by atoms with van der Waals surface area (Å²) in [6, 6.07) is 10.2. The Balaban J connectivity index is 2.23. The van der Waals surface area contributed by atoms with Gasteiger partial charge in [-0.2, -0.15) is 0 Å². The quantitative estimate of drug-likeness (QED) is 0.655. The van der Waals surface area contributed by atoms with E-state index in [4.69, 9.17) is 4.74 Å². The molecule has 3 nitrogen and oxygen atoms in total. The van der Waals surface area contributed by atoms with E-state index >= 15 is 0 Å². The molecule has 0 fully saturated rings. The molecule has 0 heterocycles. The highest BCUT2D eigenvalue weighted by Crippen LogP contribution is 2.08. The van der Waals surface area contributed by atoms with Crippen LogP contribution in [0, 0.1) is 5.92 Å². The van der Waals surface area contributed by atoms with Crippen LogP contribution in [0.5, 0.6) is 0 Å². The van der Waals surface area contributed by atoms with Gasteiger partial charge in [-0.3, -0.25) is 4.79 Å². The Kier molecular flexibility index (Phi) is 8.76. The third-order valence-electron chi connectivity index (χ3n) is 3.55. The zero-order chi connectivity index (χ0) is 15.5. The second-order valence-corrected chi connectivity index (χ2v) is 5.63. The SMILES string of the molecule is CCCN(CCC(C)COCc1ccccc1)C(=O)CC. The van der Waals surface area contributed by atoms with Crippen molar-refractivity contribution in [2.24, 2.45) is 5.92 Å². The molecule has 0 aliphatic carbocycles. The molecule has 1 aromatic rings. The summed E-state index contributed by atoms with van der Waals surface area (Å²) < 4.78 is 5.76. The lowest BCUT2D eigenvalue weighted by molar-refractivity contribution is -0.131. The van der Waals surface area contributed by atoms with Gasteiger partial charge in [0.15, 0.2) is 0 Å². The van der Waals surface area contributed by atoms with Gasteiger partial charge in [0, 0.05) is 26.1 Å². The van der Waals surface area contributed by atoms with Crippen LogP contribution in [-0.4, -0.2) is 30.5 Å². The second-order valence-electron chi connectivity index (χ2n) is 5.63. The van der Waals surface area contributed by atoms with Gasteiger partial charge in [-0.1, -0.05) is 51.1 Å². The van der Waals surface area contributed by atoms with E-state index in [0.29, 0.717) is 18.9 Å². The topological polar surface area (TPSA) is 29.5 Å². The van der Waals surface area contributed by atoms with E-state index in [1.165, 1.54) is 5.56 Å². The first-order valence-corrected chi connectivity index (χ1v) is 8.06. The zero-order valence-electron chi connectivity index (χ0n) is 13.7. The molecule has 21 heavy (non-hydrogen) atoms. The molecule has 1 amide bonds. The molecule has 0 radical (unpaired) electrons. The summed E-state index contributed by atoms with van der Waals surface area (Å²) in [5.41, 5.74) is 1.21. The largest absolute Gasteiger partial charge is 0.376 e. The van der Waals surface area contributed by atoms with Crippen LogP contribution in [0.15, 0.2) is 30.3 Å². The number of rotatable bonds is 10. The number of hydrogen-bond acceptors (Lipinski definition) is 2. The van der Waals surface area contributed by atoms with E-state index in [1.807, 2.05) is 30.0 Å². The molecule has 0 bridgehead atoms. The Bertz CT molecular complexity index is 391. The third kappa shape index (κ3) is 7.28. The number of carbonyl (C=O) groups excluding carboxylic acids is 1. The lowest BCUT2D eigenvalue weighted by Gasteiger charge is -2.23. The van der Waals surface area contributed by atoms with Crippen molar-refractivity contribution in [1.29, 1.82) is 0 Å². The Morgan fingerprint density at radius 2 is 1.90 bits per heavy atom. The molecular weight excluding hydrogens is 262 g/mol. The highest BCUT2D eigenvalue weighted by molar-refractivity contribution is 5.75. The van der Waals surface area contributed by atoms with Crippen LogP contribution in [-0.2, 0) is 16.1 Å². The summed E-state index contributed by atoms with van der Waals surface area (Å²) in [5.74, 6) is 0.729. The van der Waals surface area contributed by atoms with Crippen molar-refractivity contribution < 1.29 is 9.53 Å². The summed E-state index contributed by atoms with van der Waals surface area (Å²) in [7, 11) is 0. The highest BCUT2D eigenvalue weighted by Gasteiger charge is 2.12. The van der Waals surface area contributed by atoms with Crippen molar-refractivity contribution in [3.8, 4) is 0 Å². The van der Waals surface area contributed by atoms with Crippen molar-refractivity contribution in [2.75, 3.05) is 19.7 Å². The molecule has 118 valence electrons. The molecule has 1 aromatic carbocycles. The van der Waals surface area contributed by atoms with Crippen molar-refractivity contribution in [3.63, 3.8) is 0 Å². The number of nitrogens with zero attached hydrogens (tertiary/aromatic N) is 1. The van der Waals surface area contributed by atoms with Crippen molar-refractivity contribution in [2.45, 2.75) is 46.6 Å². The Morgan fingerprint density at radius 1 is 1.19 bits per heavy atom. The van der Waals surface area contributed by atoms with Crippen LogP contribution < -0.4 is 0 Å². The number of benzene rings is 1. The van der Waals surface area contributed by atoms with Gasteiger partial charge in [0.1, 0.15) is 0 Å². The minimum atomic E-state index is 0.259. The fourth-order valence-electron chi connectivity index (χ4n) is 2.27. The predicted octanol–water partition coefficient (Wildman–Crippen LogP) is 3.88. The molecule has 1 unspecified atom stereocenters. The molecular formula is C18H29NO2. The first kappa shape index (κ1) is 17.7. The fourth-order valence-corrected chi connectivity index (χ4v) is 2.27. The van der Waals surface area contributed by atoms with E-state index in [2.05, 4.69) is 26.0 Å². The Labute approximate surface area is 129 Å². The van der Waals surface area contributed by atoms with Crippen LogP contribution in [0.3, 0.4) is 0 Å². The molecule has 0 aliphatic heterocycles. The molecule has 0 aliphatic rings. The maximum atomic E-state index is 11.8. The summed E-state index contributed by atoms with van der Waals surface area (Å²) in [5, 5.41) is 0. The molecule has 0 spiro atoms. The third-order valence-corrected chi connectivity index (χ3v) is 3.55. The van der Waals surface area contributed by atoms with Crippen LogP contribution in [0.4, 0.5) is 0 Å². The van der Waals surface area contributed by atoms with Gasteiger partial charge < -0.3 is 9.64 Å². The van der Waals surface area contributed by atoms with E-state index in [1.54, 1.807) is 0 Å². The van der Waals surface area contributed by atoms with Gasteiger partial charge in [-0.25, -0.2) is 0 Å². The van der Waals surface area contributed by atoms with Crippen molar-refractivity contribution in [1.82, 2.24) is 4.90 Å². The first-order chi connectivity index (χ1) is 10.2. The van der Waals surface area contributed by atoms with E-state index in [9.17, 15) is 4.79 Å². The number of hydrogen-bond donors (Lipinski definition) is 0. The van der Waals surface area contributed by atoms with Crippen LogP contribution in [0.1, 0.15) is 45.6 Å². The van der Waals surface area contributed by atoms with E-state index in [0.717, 1.165) is 32.5 Å². The van der Waals surface area contributed by atoms with E-state index in [-0.39, 0.29) is 5.91 Å². The van der Waals surface area contributed by atoms with Gasteiger partial charge in [0.25, 0.3) is 0 Å². The predicted molar refractivity (Wildman–Crippen MR) is 87.0 cm³/mol. The Hall–Kier alpha value is -1.35. The standard InChI is InChI=1S/C18H29NO2/c1-4-12-19(18(20)5-2)13-11-16(3)14-21-15-17-9-7-6-8-10-17/h6-10,16H,4-5,11-15H2,1-3H3. The Morgan fingerprint density at radius 3 is 2.52 bits per heavy atom. The average molecular weight is 291 g/mol.